The fourth-order valence-electron chi connectivity index (χ4n) is 3.29. The van der Waals surface area contributed by atoms with Crippen molar-refractivity contribution in [3.05, 3.63) is 52.6 Å². The molecule has 4 rings (SSSR count). The van der Waals surface area contributed by atoms with E-state index in [1.54, 1.807) is 12.1 Å². The normalized spacial score (nSPS) is 14.3. The second kappa shape index (κ2) is 7.16. The van der Waals surface area contributed by atoms with E-state index in [4.69, 9.17) is 9.47 Å². The van der Waals surface area contributed by atoms with Crippen LogP contribution in [-0.2, 0) is 4.74 Å². The molecule has 0 bridgehead atoms. The molecule has 8 heteroatoms. The molecular weight excluding hydrogens is 348 g/mol. The summed E-state index contributed by atoms with van der Waals surface area (Å²) in [6, 6.07) is 12.7. The van der Waals surface area contributed by atoms with Gasteiger partial charge in [0.05, 0.1) is 25.2 Å². The standard InChI is InChI=1S/C19H18N4O4/c1-26-17-7-6-13(12-16(17)23(24)25)18-14-4-2-3-5-15(14)19(21-20-18)22-8-10-27-11-9-22/h2-7,12H,8-11H2,1H3. The van der Waals surface area contributed by atoms with E-state index in [-0.39, 0.29) is 11.4 Å². The van der Waals surface area contributed by atoms with E-state index in [1.165, 1.54) is 13.2 Å². The van der Waals surface area contributed by atoms with Gasteiger partial charge in [-0.25, -0.2) is 0 Å². The molecule has 0 spiro atoms. The number of nitrogens with zero attached hydrogens (tertiary/aromatic N) is 4. The van der Waals surface area contributed by atoms with Gasteiger partial charge in [0, 0.05) is 35.5 Å². The highest BCUT2D eigenvalue weighted by Crippen LogP contribution is 2.36. The zero-order valence-electron chi connectivity index (χ0n) is 14.8. The maximum absolute atomic E-state index is 11.4. The van der Waals surface area contributed by atoms with Gasteiger partial charge in [0.2, 0.25) is 0 Å². The Kier molecular flexibility index (Phi) is 4.55. The molecule has 138 valence electrons. The lowest BCUT2D eigenvalue weighted by atomic mass is 10.0. The molecule has 0 N–H and O–H groups in total. The Labute approximate surface area is 155 Å². The molecule has 1 aromatic heterocycles. The van der Waals surface area contributed by atoms with Crippen LogP contribution >= 0.6 is 0 Å². The Balaban J connectivity index is 1.86. The monoisotopic (exact) mass is 366 g/mol. The molecule has 0 atom stereocenters. The number of nitro groups is 1. The van der Waals surface area contributed by atoms with Crippen LogP contribution in [0, 0.1) is 10.1 Å². The molecule has 3 aromatic rings. The minimum atomic E-state index is -0.458. The Morgan fingerprint density at radius 1 is 1.11 bits per heavy atom. The van der Waals surface area contributed by atoms with Crippen molar-refractivity contribution in [1.29, 1.82) is 0 Å². The summed E-state index contributed by atoms with van der Waals surface area (Å²) in [7, 11) is 1.41. The van der Waals surface area contributed by atoms with Crippen LogP contribution in [0.15, 0.2) is 42.5 Å². The number of benzene rings is 2. The van der Waals surface area contributed by atoms with Crippen LogP contribution in [0.25, 0.3) is 22.0 Å². The lowest BCUT2D eigenvalue weighted by Crippen LogP contribution is -2.37. The molecule has 1 aliphatic rings. The van der Waals surface area contributed by atoms with Crippen molar-refractivity contribution in [3.63, 3.8) is 0 Å². The zero-order chi connectivity index (χ0) is 18.8. The predicted molar refractivity (Wildman–Crippen MR) is 101 cm³/mol. The summed E-state index contributed by atoms with van der Waals surface area (Å²) in [4.78, 5) is 13.1. The summed E-state index contributed by atoms with van der Waals surface area (Å²) in [6.07, 6.45) is 0. The van der Waals surface area contributed by atoms with Crippen molar-refractivity contribution < 1.29 is 14.4 Å². The van der Waals surface area contributed by atoms with E-state index in [0.29, 0.717) is 24.5 Å². The van der Waals surface area contributed by atoms with Gasteiger partial charge in [0.1, 0.15) is 5.69 Å². The number of methoxy groups -OCH3 is 1. The third-order valence-corrected chi connectivity index (χ3v) is 4.63. The molecule has 1 aliphatic heterocycles. The third-order valence-electron chi connectivity index (χ3n) is 4.63. The van der Waals surface area contributed by atoms with E-state index in [0.717, 1.165) is 29.7 Å². The van der Waals surface area contributed by atoms with E-state index in [2.05, 4.69) is 15.1 Å². The SMILES string of the molecule is COc1ccc(-c2nnc(N3CCOCC3)c3ccccc23)cc1[N+](=O)[O-]. The summed E-state index contributed by atoms with van der Waals surface area (Å²) in [5.41, 5.74) is 1.13. The Bertz CT molecular complexity index is 1000. The molecule has 0 saturated carbocycles. The molecule has 0 radical (unpaired) electrons. The number of hydrogen-bond acceptors (Lipinski definition) is 7. The summed E-state index contributed by atoms with van der Waals surface area (Å²) >= 11 is 0. The van der Waals surface area contributed by atoms with Gasteiger partial charge in [-0.05, 0) is 12.1 Å². The molecule has 0 unspecified atom stereocenters. The Hall–Kier alpha value is -3.26. The fourth-order valence-corrected chi connectivity index (χ4v) is 3.29. The van der Waals surface area contributed by atoms with Gasteiger partial charge in [-0.2, -0.15) is 0 Å². The lowest BCUT2D eigenvalue weighted by molar-refractivity contribution is -0.385. The maximum Gasteiger partial charge on any atom is 0.311 e. The van der Waals surface area contributed by atoms with Crippen LogP contribution in [0.5, 0.6) is 5.75 Å². The van der Waals surface area contributed by atoms with Crippen LogP contribution in [0.1, 0.15) is 0 Å². The highest BCUT2D eigenvalue weighted by molar-refractivity contribution is 6.00. The minimum absolute atomic E-state index is 0.0989. The largest absolute Gasteiger partial charge is 0.490 e. The highest BCUT2D eigenvalue weighted by atomic mass is 16.6. The van der Waals surface area contributed by atoms with Crippen molar-refractivity contribution in [2.45, 2.75) is 0 Å². The average molecular weight is 366 g/mol. The molecular formula is C19H18N4O4. The van der Waals surface area contributed by atoms with Crippen molar-refractivity contribution in [3.8, 4) is 17.0 Å². The number of anilines is 1. The first-order valence-electron chi connectivity index (χ1n) is 8.60. The summed E-state index contributed by atoms with van der Waals surface area (Å²) in [5.74, 6) is 1.02. The van der Waals surface area contributed by atoms with Gasteiger partial charge in [-0.3, -0.25) is 10.1 Å². The molecule has 1 fully saturated rings. The van der Waals surface area contributed by atoms with Gasteiger partial charge in [0.25, 0.3) is 0 Å². The van der Waals surface area contributed by atoms with E-state index in [1.807, 2.05) is 24.3 Å². The van der Waals surface area contributed by atoms with Crippen molar-refractivity contribution in [2.24, 2.45) is 0 Å². The van der Waals surface area contributed by atoms with Gasteiger partial charge in [-0.1, -0.05) is 24.3 Å². The number of morpholine rings is 1. The second-order valence-electron chi connectivity index (χ2n) is 6.16. The van der Waals surface area contributed by atoms with Crippen molar-refractivity contribution in [1.82, 2.24) is 10.2 Å². The quantitative estimate of drug-likeness (QED) is 0.518. The number of aromatic nitrogens is 2. The van der Waals surface area contributed by atoms with Gasteiger partial charge in [0.15, 0.2) is 11.6 Å². The van der Waals surface area contributed by atoms with Crippen molar-refractivity contribution >= 4 is 22.3 Å². The fraction of sp³-hybridized carbons (Fsp3) is 0.263. The molecule has 27 heavy (non-hydrogen) atoms. The maximum atomic E-state index is 11.4. The van der Waals surface area contributed by atoms with E-state index in [9.17, 15) is 10.1 Å². The Morgan fingerprint density at radius 2 is 1.85 bits per heavy atom. The van der Waals surface area contributed by atoms with Crippen LogP contribution < -0.4 is 9.64 Å². The third kappa shape index (κ3) is 3.15. The first-order valence-corrected chi connectivity index (χ1v) is 8.60. The Morgan fingerprint density at radius 3 is 2.56 bits per heavy atom. The summed E-state index contributed by atoms with van der Waals surface area (Å²) in [6.45, 7) is 2.82. The molecule has 1 saturated heterocycles. The zero-order valence-corrected chi connectivity index (χ0v) is 14.8. The molecule has 0 amide bonds. The predicted octanol–water partition coefficient (Wildman–Crippen LogP) is 3.05. The van der Waals surface area contributed by atoms with Gasteiger partial charge in [-0.15, -0.1) is 10.2 Å². The minimum Gasteiger partial charge on any atom is -0.490 e. The first kappa shape index (κ1) is 17.2. The molecule has 8 nitrogen and oxygen atoms in total. The summed E-state index contributed by atoms with van der Waals surface area (Å²) in [5, 5.41) is 22.1. The average Bonchev–Trinajstić information content (AvgIpc) is 2.73. The lowest BCUT2D eigenvalue weighted by Gasteiger charge is -2.28. The highest BCUT2D eigenvalue weighted by Gasteiger charge is 2.21. The topological polar surface area (TPSA) is 90.6 Å². The molecule has 2 aromatic carbocycles. The number of fused-ring (bicyclic) bond motifs is 1. The van der Waals surface area contributed by atoms with Crippen LogP contribution in [0.2, 0.25) is 0 Å². The van der Waals surface area contributed by atoms with Crippen LogP contribution in [0.4, 0.5) is 11.5 Å². The van der Waals surface area contributed by atoms with Crippen LogP contribution in [-0.4, -0.2) is 48.5 Å². The number of rotatable bonds is 4. The smallest absolute Gasteiger partial charge is 0.311 e. The van der Waals surface area contributed by atoms with E-state index >= 15 is 0 Å². The van der Waals surface area contributed by atoms with Crippen LogP contribution in [0.3, 0.4) is 0 Å². The van der Waals surface area contributed by atoms with E-state index < -0.39 is 4.92 Å². The molecule has 0 aliphatic carbocycles. The van der Waals surface area contributed by atoms with Gasteiger partial charge < -0.3 is 14.4 Å². The first-order chi connectivity index (χ1) is 13.2. The number of hydrogen-bond donors (Lipinski definition) is 0. The van der Waals surface area contributed by atoms with Crippen molar-refractivity contribution in [2.75, 3.05) is 38.3 Å². The van der Waals surface area contributed by atoms with Gasteiger partial charge >= 0.3 is 5.69 Å². The second-order valence-corrected chi connectivity index (χ2v) is 6.16. The number of ether oxygens (including phenoxy) is 2. The number of nitro benzene ring substituents is 1. The molecule has 2 heterocycles. The summed E-state index contributed by atoms with van der Waals surface area (Å²) < 4.78 is 10.5.